The summed E-state index contributed by atoms with van der Waals surface area (Å²) in [4.78, 5) is 20.9. The van der Waals surface area contributed by atoms with E-state index in [-0.39, 0.29) is 56.5 Å². The maximum absolute atomic E-state index is 10.8. The lowest BCUT2D eigenvalue weighted by Crippen LogP contribution is -2.49. The van der Waals surface area contributed by atoms with E-state index in [9.17, 15) is 9.59 Å². The number of ether oxygens (including phenoxy) is 11. The Hall–Kier alpha value is -2.73. The highest BCUT2D eigenvalue weighted by Gasteiger charge is 2.52. The van der Waals surface area contributed by atoms with E-state index in [0.29, 0.717) is 66.2 Å². The number of hydrogen-bond acceptors (Lipinski definition) is 13. The molecule has 5 aliphatic heterocycles. The predicted molar refractivity (Wildman–Crippen MR) is 354 cm³/mol. The molecule has 510 valence electrons. The number of rotatable bonds is 21. The third-order valence-electron chi connectivity index (χ3n) is 18.7. The van der Waals surface area contributed by atoms with Crippen molar-refractivity contribution >= 4 is 23.5 Å². The summed E-state index contributed by atoms with van der Waals surface area (Å²) in [5.41, 5.74) is 2.97. The zero-order chi connectivity index (χ0) is 64.7. The number of alkyl halides is 1. The molecule has 1 N–H and O–H groups in total. The molecule has 14 nitrogen and oxygen atoms in total. The van der Waals surface area contributed by atoms with E-state index in [1.54, 1.807) is 6.92 Å². The van der Waals surface area contributed by atoms with Crippen molar-refractivity contribution in [1.29, 1.82) is 0 Å². The number of carboxylic acids is 1. The average Bonchev–Trinajstić information content (AvgIpc) is 1.21. The number of esters is 1. The molecule has 89 heavy (non-hydrogen) atoms. The minimum Gasteiger partial charge on any atom is -0.481 e. The highest BCUT2D eigenvalue weighted by atomic mass is 35.5. The molecule has 9 aliphatic rings. The highest BCUT2D eigenvalue weighted by Crippen LogP contribution is 2.62. The van der Waals surface area contributed by atoms with Gasteiger partial charge in [0.1, 0.15) is 0 Å². The maximum Gasteiger partial charge on any atom is 0.306 e. The molecule has 16 atom stereocenters. The Morgan fingerprint density at radius 1 is 0.517 bits per heavy atom. The van der Waals surface area contributed by atoms with Gasteiger partial charge in [-0.15, -0.1) is 11.6 Å². The fourth-order valence-electron chi connectivity index (χ4n) is 14.3. The van der Waals surface area contributed by atoms with Crippen molar-refractivity contribution in [3.8, 4) is 0 Å². The number of carbonyl (C=O) groups excluding carboxylic acids is 1. The Kier molecular flexibility index (Phi) is 36.2. The van der Waals surface area contributed by atoms with Gasteiger partial charge in [0, 0.05) is 24.3 Å². The van der Waals surface area contributed by atoms with Crippen LogP contribution < -0.4 is 0 Å². The van der Waals surface area contributed by atoms with Gasteiger partial charge in [-0.25, -0.2) is 0 Å². The molecular formula is C74H123ClO14. The number of carboxylic acid groups (broad SMARTS) is 1. The zero-order valence-corrected chi connectivity index (χ0v) is 58.2. The average molecular weight is 1270 g/mol. The molecule has 2 aromatic rings. The molecule has 0 amide bonds. The minimum atomic E-state index is -0.976. The van der Waals surface area contributed by atoms with E-state index in [4.69, 9.17) is 68.8 Å². The first-order valence-corrected chi connectivity index (χ1v) is 35.9. The largest absolute Gasteiger partial charge is 0.481 e. The van der Waals surface area contributed by atoms with E-state index in [0.717, 1.165) is 120 Å². The van der Waals surface area contributed by atoms with Crippen LogP contribution in [0.25, 0.3) is 0 Å². The van der Waals surface area contributed by atoms with Gasteiger partial charge in [-0.1, -0.05) is 116 Å². The fraction of sp³-hybridized carbons (Fsp3) is 0.811. The van der Waals surface area contributed by atoms with Crippen LogP contribution >= 0.6 is 11.6 Å². The summed E-state index contributed by atoms with van der Waals surface area (Å²) in [6.07, 6.45) is 30.9. The quantitative estimate of drug-likeness (QED) is 0.0930. The number of benzene rings is 2. The zero-order valence-electron chi connectivity index (χ0n) is 57.5. The first kappa shape index (κ1) is 77.0. The molecule has 15 heteroatoms. The maximum atomic E-state index is 10.8. The molecule has 5 saturated heterocycles. The van der Waals surface area contributed by atoms with Gasteiger partial charge in [-0.3, -0.25) is 9.59 Å². The van der Waals surface area contributed by atoms with Crippen molar-refractivity contribution in [3.05, 3.63) is 71.8 Å². The molecule has 16 unspecified atom stereocenters. The Bertz CT molecular complexity index is 2100. The topological polar surface area (TPSA) is 156 Å². The van der Waals surface area contributed by atoms with Crippen LogP contribution in [-0.4, -0.2) is 115 Å². The first-order valence-electron chi connectivity index (χ1n) is 35.4. The second-order valence-corrected chi connectivity index (χ2v) is 27.5. The molecule has 0 spiro atoms. The molecule has 4 aliphatic carbocycles. The summed E-state index contributed by atoms with van der Waals surface area (Å²) in [6, 6.07) is 20.5. The van der Waals surface area contributed by atoms with Gasteiger partial charge in [0.15, 0.2) is 31.5 Å². The molecule has 2 aromatic carbocycles. The van der Waals surface area contributed by atoms with Crippen molar-refractivity contribution in [2.45, 2.75) is 356 Å². The van der Waals surface area contributed by atoms with Gasteiger partial charge >= 0.3 is 11.9 Å². The first-order chi connectivity index (χ1) is 42.8. The third-order valence-corrected chi connectivity index (χ3v) is 19.0. The van der Waals surface area contributed by atoms with Crippen molar-refractivity contribution in [2.75, 3.05) is 5.88 Å². The summed E-state index contributed by atoms with van der Waals surface area (Å²) in [7, 11) is 0. The summed E-state index contributed by atoms with van der Waals surface area (Å²) in [5, 5.41) is 8.25. The van der Waals surface area contributed by atoms with Crippen LogP contribution in [0.2, 0.25) is 0 Å². The van der Waals surface area contributed by atoms with Crippen LogP contribution in [0.3, 0.4) is 0 Å². The van der Waals surface area contributed by atoms with Gasteiger partial charge < -0.3 is 57.2 Å². The van der Waals surface area contributed by atoms with E-state index in [2.05, 4.69) is 113 Å². The smallest absolute Gasteiger partial charge is 0.306 e. The van der Waals surface area contributed by atoms with E-state index < -0.39 is 11.9 Å². The second-order valence-electron chi connectivity index (χ2n) is 27.1. The lowest BCUT2D eigenvalue weighted by atomic mass is 9.49. The lowest BCUT2D eigenvalue weighted by Gasteiger charge is -2.57. The third kappa shape index (κ3) is 29.2. The van der Waals surface area contributed by atoms with Crippen molar-refractivity contribution in [1.82, 2.24) is 0 Å². The van der Waals surface area contributed by atoms with Gasteiger partial charge in [-0.05, 0) is 205 Å². The summed E-state index contributed by atoms with van der Waals surface area (Å²) in [5.74, 6) is 2.37. The van der Waals surface area contributed by atoms with Crippen LogP contribution in [0.4, 0.5) is 0 Å². The number of carbonyl (C=O) groups is 2. The monoisotopic (exact) mass is 1270 g/mol. The fourth-order valence-corrected chi connectivity index (χ4v) is 14.4. The normalized spacial score (nSPS) is 34.8. The van der Waals surface area contributed by atoms with E-state index in [1.165, 1.54) is 63.4 Å². The minimum absolute atomic E-state index is 0.0209. The van der Waals surface area contributed by atoms with Crippen molar-refractivity contribution < 1.29 is 66.8 Å². The van der Waals surface area contributed by atoms with Crippen LogP contribution in [0.15, 0.2) is 60.7 Å². The van der Waals surface area contributed by atoms with Crippen LogP contribution in [0.1, 0.15) is 268 Å². The summed E-state index contributed by atoms with van der Waals surface area (Å²) in [6.45, 7) is 27.5. The Balaban J connectivity index is 0.000000196. The molecule has 0 radical (unpaired) electrons. The van der Waals surface area contributed by atoms with Gasteiger partial charge in [0.2, 0.25) is 0 Å². The highest BCUT2D eigenvalue weighted by molar-refractivity contribution is 6.17. The Morgan fingerprint density at radius 3 is 1.36 bits per heavy atom. The number of aliphatic carboxylic acids is 1. The van der Waals surface area contributed by atoms with Crippen molar-refractivity contribution in [3.63, 3.8) is 0 Å². The molecule has 11 rings (SSSR count). The Morgan fingerprint density at radius 2 is 0.921 bits per heavy atom. The lowest BCUT2D eigenvalue weighted by molar-refractivity contribution is -0.258. The van der Waals surface area contributed by atoms with Crippen LogP contribution in [0.5, 0.6) is 0 Å². The number of unbranched alkanes of at least 4 members (excludes halogenated alkanes) is 1. The van der Waals surface area contributed by atoms with Gasteiger partial charge in [0.25, 0.3) is 0 Å². The van der Waals surface area contributed by atoms with E-state index >= 15 is 0 Å². The summed E-state index contributed by atoms with van der Waals surface area (Å²) < 4.78 is 63.4. The standard InChI is InChI=1S/C18H30O2.C14H20O2.C13H18O2.C11H22O2.C10H19ClO2.C8H14O4/c1-3-16-4-12(2)19-17(20-16)11-18-8-13-5-14(9-18)7-15(6-13)10-18;1-3-13-9-11(2)15-14(16-13)10-12-7-5-4-6-8-12;1-3-12-9-10(2)14-13(15-12)11-7-5-4-6-8-11;1-4-6-7-11-12-9(3)8-10(5-2)13-11;1-3-9-7-8(2)12-10(13-9)5-4-6-11;1-3-6(2)12-8(11)5-4-7(9)10/h12-17H,3-11H2,1-2H3;4-8,11,13-14H,3,9-10H2,1-2H3;4-8,10,12-13H,3,9H2,1-2H3;9-11H,4-8H2,1-3H3;8-10H,3-7H2,1-2H3;6H,3-5H2,1-2H3,(H,9,10). The molecule has 9 fully saturated rings. The molecular weight excluding hydrogens is 1150 g/mol. The van der Waals surface area contributed by atoms with Crippen LogP contribution in [-0.2, 0) is 68.1 Å². The van der Waals surface area contributed by atoms with Gasteiger partial charge in [-0.2, -0.15) is 0 Å². The molecule has 4 bridgehead atoms. The molecule has 5 heterocycles. The predicted octanol–water partition coefficient (Wildman–Crippen LogP) is 18.2. The second kappa shape index (κ2) is 41.9. The summed E-state index contributed by atoms with van der Waals surface area (Å²) >= 11 is 5.62. The van der Waals surface area contributed by atoms with Crippen molar-refractivity contribution in [2.24, 2.45) is 23.2 Å². The number of halogens is 1. The van der Waals surface area contributed by atoms with Gasteiger partial charge in [0.05, 0.1) is 80.0 Å². The number of hydrogen-bond donors (Lipinski definition) is 1. The molecule has 4 saturated carbocycles. The van der Waals surface area contributed by atoms with Crippen LogP contribution in [0, 0.1) is 23.2 Å². The SMILES string of the molecule is CCC(C)OC(=O)CCC(=O)O.CCC1CC(C)OC(CC23CC4CC(CC(C4)C2)C3)O1.CCC1CC(C)OC(CCCCl)O1.CCC1CC(C)OC(Cc2ccccc2)O1.CCC1CC(C)OC(c2ccccc2)O1.CCCCC1OC(C)CC(CC)O1. The molecule has 0 aromatic heterocycles. The van der Waals surface area contributed by atoms with E-state index in [1.807, 2.05) is 31.2 Å². The Labute approximate surface area is 544 Å².